The molecule has 1 heterocycles. The quantitative estimate of drug-likeness (QED) is 0.231. The zero-order valence-electron chi connectivity index (χ0n) is 16.8. The highest BCUT2D eigenvalue weighted by Crippen LogP contribution is 2.34. The van der Waals surface area contributed by atoms with E-state index < -0.39 is 16.7 Å². The summed E-state index contributed by atoms with van der Waals surface area (Å²) in [6.07, 6.45) is 1.28. The minimum absolute atomic E-state index is 0.0474. The molecular formula is C23H15Cl2N3O5. The maximum atomic E-state index is 12.9. The molecule has 1 aliphatic rings. The van der Waals surface area contributed by atoms with Crippen LogP contribution >= 0.6 is 23.2 Å². The number of halogens is 2. The number of hydrazine groups is 1. The third-order valence-electron chi connectivity index (χ3n) is 4.79. The van der Waals surface area contributed by atoms with E-state index in [2.05, 4.69) is 5.43 Å². The summed E-state index contributed by atoms with van der Waals surface area (Å²) in [4.78, 5) is 36.4. The number of nitro benzene ring substituents is 1. The topological polar surface area (TPSA) is 102 Å². The normalized spacial score (nSPS) is 14.5. The van der Waals surface area contributed by atoms with Gasteiger partial charge in [-0.3, -0.25) is 25.1 Å². The van der Waals surface area contributed by atoms with Crippen LogP contribution in [0.3, 0.4) is 0 Å². The van der Waals surface area contributed by atoms with Gasteiger partial charge in [0.2, 0.25) is 5.75 Å². The van der Waals surface area contributed by atoms with E-state index in [1.807, 2.05) is 0 Å². The fraction of sp³-hybridized carbons (Fsp3) is 0.0435. The summed E-state index contributed by atoms with van der Waals surface area (Å²) < 4.78 is 5.76. The molecule has 166 valence electrons. The predicted octanol–water partition coefficient (Wildman–Crippen LogP) is 4.94. The van der Waals surface area contributed by atoms with Gasteiger partial charge in [0.15, 0.2) is 0 Å². The Hall–Kier alpha value is -3.88. The van der Waals surface area contributed by atoms with Crippen molar-refractivity contribution in [3.05, 3.63) is 104 Å². The Bertz CT molecular complexity index is 1290. The van der Waals surface area contributed by atoms with E-state index in [4.69, 9.17) is 27.9 Å². The maximum absolute atomic E-state index is 12.9. The van der Waals surface area contributed by atoms with E-state index in [0.29, 0.717) is 21.3 Å². The minimum Gasteiger partial charge on any atom is -0.482 e. The summed E-state index contributed by atoms with van der Waals surface area (Å²) in [7, 11) is 0. The number of rotatable bonds is 6. The van der Waals surface area contributed by atoms with Crippen LogP contribution in [0, 0.1) is 10.1 Å². The number of hydrogen-bond donors (Lipinski definition) is 1. The standard InChI is InChI=1S/C23H15Cl2N3O5/c24-18-10-9-14(11-19(18)25)13-33-21-15(5-4-8-20(21)28(31)32)12-17-22(29)26-27(23(17)30)16-6-2-1-3-7-16/h1-12H,13H2,(H,26,29)/b17-12-. The molecule has 0 aromatic heterocycles. The van der Waals surface area contributed by atoms with Crippen molar-refractivity contribution in [2.75, 3.05) is 5.01 Å². The lowest BCUT2D eigenvalue weighted by Gasteiger charge is -2.14. The fourth-order valence-electron chi connectivity index (χ4n) is 3.21. The highest BCUT2D eigenvalue weighted by molar-refractivity contribution is 6.42. The maximum Gasteiger partial charge on any atom is 0.311 e. The molecule has 0 radical (unpaired) electrons. The van der Waals surface area contributed by atoms with Gasteiger partial charge in [0.1, 0.15) is 12.2 Å². The summed E-state index contributed by atoms with van der Waals surface area (Å²) in [5, 5.41) is 13.4. The van der Waals surface area contributed by atoms with Crippen LogP contribution in [0.2, 0.25) is 10.0 Å². The van der Waals surface area contributed by atoms with Crippen molar-refractivity contribution >= 4 is 52.5 Å². The summed E-state index contributed by atoms with van der Waals surface area (Å²) in [6, 6.07) is 17.7. The number of hydrogen-bond acceptors (Lipinski definition) is 5. The molecule has 4 rings (SSSR count). The smallest absolute Gasteiger partial charge is 0.311 e. The molecule has 1 saturated heterocycles. The molecule has 33 heavy (non-hydrogen) atoms. The van der Waals surface area contributed by atoms with Crippen molar-refractivity contribution in [1.29, 1.82) is 0 Å². The molecule has 10 heteroatoms. The molecular weight excluding hydrogens is 469 g/mol. The molecule has 2 amide bonds. The van der Waals surface area contributed by atoms with Crippen molar-refractivity contribution in [1.82, 2.24) is 5.43 Å². The average molecular weight is 484 g/mol. The fourth-order valence-corrected chi connectivity index (χ4v) is 3.53. The molecule has 0 atom stereocenters. The molecule has 3 aromatic rings. The Morgan fingerprint density at radius 2 is 1.76 bits per heavy atom. The average Bonchev–Trinajstić information content (AvgIpc) is 3.09. The van der Waals surface area contributed by atoms with E-state index >= 15 is 0 Å². The van der Waals surface area contributed by atoms with Crippen LogP contribution in [0.25, 0.3) is 6.08 Å². The number of ether oxygens (including phenoxy) is 1. The number of nitrogens with zero attached hydrogens (tertiary/aromatic N) is 2. The van der Waals surface area contributed by atoms with Crippen LogP contribution in [0.4, 0.5) is 11.4 Å². The molecule has 1 fully saturated rings. The van der Waals surface area contributed by atoms with E-state index in [0.717, 1.165) is 5.01 Å². The summed E-state index contributed by atoms with van der Waals surface area (Å²) >= 11 is 12.0. The third kappa shape index (κ3) is 4.67. The Kier molecular flexibility index (Phi) is 6.30. The van der Waals surface area contributed by atoms with Crippen molar-refractivity contribution in [2.24, 2.45) is 0 Å². The van der Waals surface area contributed by atoms with Gasteiger partial charge in [0.25, 0.3) is 11.8 Å². The van der Waals surface area contributed by atoms with Gasteiger partial charge in [-0.1, -0.05) is 59.6 Å². The van der Waals surface area contributed by atoms with E-state index in [1.165, 1.54) is 24.3 Å². The lowest BCUT2D eigenvalue weighted by atomic mass is 10.1. The number of carbonyl (C=O) groups is 2. The molecule has 0 aliphatic carbocycles. The van der Waals surface area contributed by atoms with Gasteiger partial charge in [-0.15, -0.1) is 0 Å². The van der Waals surface area contributed by atoms with Gasteiger partial charge in [0.05, 0.1) is 20.7 Å². The largest absolute Gasteiger partial charge is 0.482 e. The second-order valence-corrected chi connectivity index (χ2v) is 7.78. The van der Waals surface area contributed by atoms with Gasteiger partial charge >= 0.3 is 5.69 Å². The van der Waals surface area contributed by atoms with Crippen LogP contribution in [-0.4, -0.2) is 16.7 Å². The number of benzene rings is 3. The lowest BCUT2D eigenvalue weighted by Crippen LogP contribution is -2.35. The highest BCUT2D eigenvalue weighted by Gasteiger charge is 2.35. The number of carbonyl (C=O) groups excluding carboxylic acids is 2. The second kappa shape index (κ2) is 9.32. The minimum atomic E-state index is -0.634. The molecule has 0 unspecified atom stereocenters. The summed E-state index contributed by atoms with van der Waals surface area (Å²) in [6.45, 7) is -0.0474. The van der Waals surface area contributed by atoms with E-state index in [-0.39, 0.29) is 29.2 Å². The summed E-state index contributed by atoms with van der Waals surface area (Å²) in [5.41, 5.74) is 3.32. The first-order valence-corrected chi connectivity index (χ1v) is 10.4. The first kappa shape index (κ1) is 22.3. The Labute approximate surface area is 198 Å². The van der Waals surface area contributed by atoms with Crippen LogP contribution in [0.5, 0.6) is 5.75 Å². The lowest BCUT2D eigenvalue weighted by molar-refractivity contribution is -0.386. The van der Waals surface area contributed by atoms with Gasteiger partial charge in [0, 0.05) is 11.6 Å². The van der Waals surface area contributed by atoms with E-state index in [9.17, 15) is 19.7 Å². The Balaban J connectivity index is 1.68. The van der Waals surface area contributed by atoms with Crippen molar-refractivity contribution < 1.29 is 19.2 Å². The van der Waals surface area contributed by atoms with E-state index in [1.54, 1.807) is 48.5 Å². The molecule has 0 bridgehead atoms. The summed E-state index contributed by atoms with van der Waals surface area (Å²) in [5.74, 6) is -1.31. The first-order valence-electron chi connectivity index (χ1n) is 9.61. The zero-order chi connectivity index (χ0) is 23.5. The number of para-hydroxylation sites is 2. The van der Waals surface area contributed by atoms with Crippen LogP contribution < -0.4 is 15.2 Å². The molecule has 1 N–H and O–H groups in total. The first-order chi connectivity index (χ1) is 15.8. The van der Waals surface area contributed by atoms with Crippen molar-refractivity contribution in [2.45, 2.75) is 6.61 Å². The monoisotopic (exact) mass is 483 g/mol. The van der Waals surface area contributed by atoms with Crippen molar-refractivity contribution in [3.63, 3.8) is 0 Å². The zero-order valence-corrected chi connectivity index (χ0v) is 18.3. The molecule has 3 aromatic carbocycles. The molecule has 8 nitrogen and oxygen atoms in total. The number of anilines is 1. The molecule has 0 spiro atoms. The van der Waals surface area contributed by atoms with Crippen LogP contribution in [0.1, 0.15) is 11.1 Å². The number of amides is 2. The molecule has 1 aliphatic heterocycles. The SMILES string of the molecule is O=C1NN(c2ccccc2)C(=O)/C1=C\c1cccc([N+](=O)[O-])c1OCc1ccc(Cl)c(Cl)c1. The van der Waals surface area contributed by atoms with Gasteiger partial charge in [-0.2, -0.15) is 0 Å². The number of nitrogens with one attached hydrogen (secondary N) is 1. The second-order valence-electron chi connectivity index (χ2n) is 6.96. The van der Waals surface area contributed by atoms with Crippen LogP contribution in [0.15, 0.2) is 72.3 Å². The Morgan fingerprint density at radius 1 is 1.00 bits per heavy atom. The highest BCUT2D eigenvalue weighted by atomic mass is 35.5. The Morgan fingerprint density at radius 3 is 2.45 bits per heavy atom. The van der Waals surface area contributed by atoms with Gasteiger partial charge in [-0.25, -0.2) is 5.01 Å². The predicted molar refractivity (Wildman–Crippen MR) is 124 cm³/mol. The van der Waals surface area contributed by atoms with Gasteiger partial charge < -0.3 is 4.74 Å². The molecule has 0 saturated carbocycles. The van der Waals surface area contributed by atoms with Gasteiger partial charge in [-0.05, 0) is 35.9 Å². The van der Waals surface area contributed by atoms with Crippen molar-refractivity contribution in [3.8, 4) is 5.75 Å². The van der Waals surface area contributed by atoms with Crippen LogP contribution in [-0.2, 0) is 16.2 Å². The third-order valence-corrected chi connectivity index (χ3v) is 5.53. The number of nitro groups is 1.